The number of hydrogen-bond donors (Lipinski definition) is 1. The molecule has 2 N–H and O–H groups in total. The van der Waals surface area contributed by atoms with Gasteiger partial charge in [-0.05, 0) is 43.7 Å². The second kappa shape index (κ2) is 5.91. The number of hydrogen-bond acceptors (Lipinski definition) is 2. The van der Waals surface area contributed by atoms with Crippen molar-refractivity contribution in [3.63, 3.8) is 0 Å². The van der Waals surface area contributed by atoms with Crippen molar-refractivity contribution in [2.24, 2.45) is 11.7 Å². The molecule has 0 saturated heterocycles. The van der Waals surface area contributed by atoms with Gasteiger partial charge in [0.25, 0.3) is 0 Å². The molecule has 3 heteroatoms. The summed E-state index contributed by atoms with van der Waals surface area (Å²) < 4.78 is 14.3. The molecule has 2 rings (SSSR count). The number of nitrogens with two attached hydrogens (primary N) is 1. The van der Waals surface area contributed by atoms with E-state index >= 15 is 0 Å². The standard InChI is InChI=1S/C16H25FN2/c1-11(2)10-19(14-7-8-14)16-13(9-12(3)18)5-4-6-15(16)17/h4-6,11-12,14H,7-10,18H2,1-3H3. The zero-order valence-electron chi connectivity index (χ0n) is 12.2. The van der Waals surface area contributed by atoms with Gasteiger partial charge in [0.1, 0.15) is 5.82 Å². The Bertz CT molecular complexity index is 425. The van der Waals surface area contributed by atoms with Crippen molar-refractivity contribution in [2.45, 2.75) is 52.1 Å². The van der Waals surface area contributed by atoms with Gasteiger partial charge in [-0.25, -0.2) is 4.39 Å². The van der Waals surface area contributed by atoms with Crippen molar-refractivity contribution in [3.05, 3.63) is 29.6 Å². The maximum Gasteiger partial charge on any atom is 0.146 e. The Morgan fingerprint density at radius 1 is 1.32 bits per heavy atom. The molecule has 0 aromatic heterocycles. The molecule has 106 valence electrons. The van der Waals surface area contributed by atoms with E-state index in [1.807, 2.05) is 13.0 Å². The highest BCUT2D eigenvalue weighted by Crippen LogP contribution is 2.36. The molecule has 1 aliphatic carbocycles. The first kappa shape index (κ1) is 14.3. The molecule has 0 bridgehead atoms. The summed E-state index contributed by atoms with van der Waals surface area (Å²) in [7, 11) is 0. The second-order valence-electron chi connectivity index (χ2n) is 6.21. The van der Waals surface area contributed by atoms with Crippen LogP contribution in [0.25, 0.3) is 0 Å². The lowest BCUT2D eigenvalue weighted by atomic mass is 10.0. The van der Waals surface area contributed by atoms with Crippen LogP contribution in [0.5, 0.6) is 0 Å². The molecule has 1 saturated carbocycles. The smallest absolute Gasteiger partial charge is 0.146 e. The van der Waals surface area contributed by atoms with E-state index in [4.69, 9.17) is 5.73 Å². The maximum absolute atomic E-state index is 14.3. The van der Waals surface area contributed by atoms with E-state index in [2.05, 4.69) is 18.7 Å². The van der Waals surface area contributed by atoms with E-state index in [0.717, 1.165) is 24.2 Å². The van der Waals surface area contributed by atoms with Crippen LogP contribution in [0.15, 0.2) is 18.2 Å². The van der Waals surface area contributed by atoms with Crippen molar-refractivity contribution in [2.75, 3.05) is 11.4 Å². The SMILES string of the molecule is CC(C)CN(c1c(F)cccc1CC(C)N)C1CC1. The van der Waals surface area contributed by atoms with Crippen molar-refractivity contribution in [1.82, 2.24) is 0 Å². The molecule has 2 nitrogen and oxygen atoms in total. The van der Waals surface area contributed by atoms with Crippen LogP contribution in [-0.4, -0.2) is 18.6 Å². The summed E-state index contributed by atoms with van der Waals surface area (Å²) in [5.74, 6) is 0.425. The highest BCUT2D eigenvalue weighted by molar-refractivity contribution is 5.57. The van der Waals surface area contributed by atoms with Crippen LogP contribution in [-0.2, 0) is 6.42 Å². The fourth-order valence-electron chi connectivity index (χ4n) is 2.60. The topological polar surface area (TPSA) is 29.3 Å². The molecule has 1 aromatic rings. The largest absolute Gasteiger partial charge is 0.366 e. The second-order valence-corrected chi connectivity index (χ2v) is 6.21. The summed E-state index contributed by atoms with van der Waals surface area (Å²) >= 11 is 0. The Morgan fingerprint density at radius 3 is 2.53 bits per heavy atom. The summed E-state index contributed by atoms with van der Waals surface area (Å²) in [6, 6.07) is 5.94. The van der Waals surface area contributed by atoms with Gasteiger partial charge in [-0.3, -0.25) is 0 Å². The minimum absolute atomic E-state index is 0.0562. The van der Waals surface area contributed by atoms with Gasteiger partial charge in [-0.1, -0.05) is 26.0 Å². The van der Waals surface area contributed by atoms with Crippen molar-refractivity contribution < 1.29 is 4.39 Å². The Hall–Kier alpha value is -1.09. The molecular formula is C16H25FN2. The Kier molecular flexibility index (Phi) is 4.46. The van der Waals surface area contributed by atoms with E-state index in [9.17, 15) is 4.39 Å². The average Bonchev–Trinajstić information content (AvgIpc) is 3.09. The molecule has 0 radical (unpaired) electrons. The summed E-state index contributed by atoms with van der Waals surface area (Å²) in [5, 5.41) is 0. The van der Waals surface area contributed by atoms with Crippen LogP contribution < -0.4 is 10.6 Å². The first-order valence-corrected chi connectivity index (χ1v) is 7.28. The van der Waals surface area contributed by atoms with Crippen LogP contribution in [0.2, 0.25) is 0 Å². The minimum Gasteiger partial charge on any atom is -0.366 e. The summed E-state index contributed by atoms with van der Waals surface area (Å²) in [6.45, 7) is 7.25. The van der Waals surface area contributed by atoms with Crippen LogP contribution in [0, 0.1) is 11.7 Å². The van der Waals surface area contributed by atoms with Gasteiger partial charge in [0.15, 0.2) is 0 Å². The summed E-state index contributed by atoms with van der Waals surface area (Å²) in [5.41, 5.74) is 7.73. The third kappa shape index (κ3) is 3.69. The fourth-order valence-corrected chi connectivity index (χ4v) is 2.60. The normalized spacial score (nSPS) is 16.7. The van der Waals surface area contributed by atoms with Crippen molar-refractivity contribution in [3.8, 4) is 0 Å². The molecular weight excluding hydrogens is 239 g/mol. The van der Waals surface area contributed by atoms with Gasteiger partial charge in [-0.2, -0.15) is 0 Å². The van der Waals surface area contributed by atoms with Gasteiger partial charge < -0.3 is 10.6 Å². The number of para-hydroxylation sites is 1. The van der Waals surface area contributed by atoms with Crippen LogP contribution >= 0.6 is 0 Å². The van der Waals surface area contributed by atoms with Gasteiger partial charge >= 0.3 is 0 Å². The minimum atomic E-state index is -0.106. The Balaban J connectivity index is 2.33. The Morgan fingerprint density at radius 2 is 2.00 bits per heavy atom. The maximum atomic E-state index is 14.3. The third-order valence-electron chi connectivity index (χ3n) is 3.45. The fraction of sp³-hybridized carbons (Fsp3) is 0.625. The molecule has 19 heavy (non-hydrogen) atoms. The van der Waals surface area contributed by atoms with E-state index in [0.29, 0.717) is 12.0 Å². The van der Waals surface area contributed by atoms with E-state index in [-0.39, 0.29) is 11.9 Å². The number of nitrogens with zero attached hydrogens (tertiary/aromatic N) is 1. The molecule has 0 amide bonds. The number of anilines is 1. The molecule has 1 aliphatic rings. The number of rotatable bonds is 6. The van der Waals surface area contributed by atoms with Crippen LogP contribution in [0.1, 0.15) is 39.2 Å². The summed E-state index contributed by atoms with van der Waals surface area (Å²) in [4.78, 5) is 2.26. The lowest BCUT2D eigenvalue weighted by Crippen LogP contribution is -2.32. The zero-order valence-corrected chi connectivity index (χ0v) is 12.2. The zero-order chi connectivity index (χ0) is 14.0. The molecule has 1 fully saturated rings. The lowest BCUT2D eigenvalue weighted by Gasteiger charge is -2.29. The molecule has 0 heterocycles. The number of halogens is 1. The van der Waals surface area contributed by atoms with Gasteiger partial charge in [0.2, 0.25) is 0 Å². The molecule has 0 aliphatic heterocycles. The predicted molar refractivity (Wildman–Crippen MR) is 79.0 cm³/mol. The van der Waals surface area contributed by atoms with E-state index < -0.39 is 0 Å². The lowest BCUT2D eigenvalue weighted by molar-refractivity contribution is 0.573. The quantitative estimate of drug-likeness (QED) is 0.854. The van der Waals surface area contributed by atoms with Crippen molar-refractivity contribution in [1.29, 1.82) is 0 Å². The van der Waals surface area contributed by atoms with Gasteiger partial charge in [-0.15, -0.1) is 0 Å². The van der Waals surface area contributed by atoms with Crippen LogP contribution in [0.4, 0.5) is 10.1 Å². The highest BCUT2D eigenvalue weighted by Gasteiger charge is 2.32. The first-order chi connectivity index (χ1) is 8.99. The van der Waals surface area contributed by atoms with Crippen molar-refractivity contribution >= 4 is 5.69 Å². The van der Waals surface area contributed by atoms with Gasteiger partial charge in [0.05, 0.1) is 5.69 Å². The predicted octanol–water partition coefficient (Wildman–Crippen LogP) is 3.34. The first-order valence-electron chi connectivity index (χ1n) is 7.28. The highest BCUT2D eigenvalue weighted by atomic mass is 19.1. The molecule has 1 unspecified atom stereocenters. The monoisotopic (exact) mass is 264 g/mol. The molecule has 1 atom stereocenters. The number of benzene rings is 1. The van der Waals surface area contributed by atoms with E-state index in [1.165, 1.54) is 12.8 Å². The summed E-state index contributed by atoms with van der Waals surface area (Å²) in [6.07, 6.45) is 3.09. The Labute approximate surface area is 115 Å². The van der Waals surface area contributed by atoms with E-state index in [1.54, 1.807) is 12.1 Å². The molecule has 0 spiro atoms. The van der Waals surface area contributed by atoms with Crippen LogP contribution in [0.3, 0.4) is 0 Å². The molecule has 1 aromatic carbocycles. The van der Waals surface area contributed by atoms with Gasteiger partial charge in [0, 0.05) is 18.6 Å². The average molecular weight is 264 g/mol. The third-order valence-corrected chi connectivity index (χ3v) is 3.45.